The smallest absolute Gasteiger partial charge is 0.262 e. The van der Waals surface area contributed by atoms with E-state index in [1.165, 1.54) is 4.90 Å². The van der Waals surface area contributed by atoms with Crippen LogP contribution in [0, 0.1) is 0 Å². The van der Waals surface area contributed by atoms with Crippen molar-refractivity contribution in [3.63, 3.8) is 0 Å². The monoisotopic (exact) mass is 339 g/mol. The molecule has 3 rings (SSSR count). The maximum Gasteiger partial charge on any atom is 0.262 e. The molecule has 1 atom stereocenters. The van der Waals surface area contributed by atoms with E-state index in [2.05, 4.69) is 28.7 Å². The second-order valence-corrected chi connectivity index (χ2v) is 5.45. The van der Waals surface area contributed by atoms with Gasteiger partial charge in [0.25, 0.3) is 11.8 Å². The number of allylic oxidation sites excluding steroid dienone is 1. The van der Waals surface area contributed by atoms with Crippen LogP contribution in [-0.4, -0.2) is 22.8 Å². The lowest BCUT2D eigenvalue weighted by atomic mass is 10.1. The molecular weight excluding hydrogens is 329 g/mol. The lowest BCUT2D eigenvalue weighted by Crippen LogP contribution is -2.38. The predicted octanol–water partition coefficient (Wildman–Crippen LogP) is 2.76. The average Bonchev–Trinajstić information content (AvgIpc) is 2.84. The van der Waals surface area contributed by atoms with Crippen molar-refractivity contribution in [2.24, 2.45) is 0 Å². The van der Waals surface area contributed by atoms with Crippen molar-refractivity contribution in [3.05, 3.63) is 45.0 Å². The topological polar surface area (TPSA) is 37.4 Å². The van der Waals surface area contributed by atoms with E-state index in [4.69, 9.17) is 0 Å². The van der Waals surface area contributed by atoms with Crippen LogP contribution < -0.4 is 0 Å². The van der Waals surface area contributed by atoms with E-state index >= 15 is 0 Å². The molecule has 0 bridgehead atoms. The first-order chi connectivity index (χ1) is 8.20. The summed E-state index contributed by atoms with van der Waals surface area (Å²) in [6.07, 6.45) is 3.88. The van der Waals surface area contributed by atoms with Gasteiger partial charge in [-0.25, -0.2) is 0 Å². The van der Waals surface area contributed by atoms with E-state index in [1.54, 1.807) is 24.3 Å². The van der Waals surface area contributed by atoms with Gasteiger partial charge >= 0.3 is 0 Å². The molecule has 0 radical (unpaired) electrons. The minimum Gasteiger partial charge on any atom is -0.269 e. The molecular formula is C13H10INO2. The van der Waals surface area contributed by atoms with Gasteiger partial charge in [0, 0.05) is 3.58 Å². The van der Waals surface area contributed by atoms with Gasteiger partial charge in [0.15, 0.2) is 0 Å². The highest BCUT2D eigenvalue weighted by atomic mass is 127. The first kappa shape index (κ1) is 11.0. The summed E-state index contributed by atoms with van der Waals surface area (Å²) in [6.45, 7) is 0. The first-order valence-electron chi connectivity index (χ1n) is 5.52. The molecule has 0 fully saturated rings. The highest BCUT2D eigenvalue weighted by molar-refractivity contribution is 14.1. The third-order valence-corrected chi connectivity index (χ3v) is 4.39. The van der Waals surface area contributed by atoms with E-state index in [9.17, 15) is 9.59 Å². The maximum absolute atomic E-state index is 12.2. The largest absolute Gasteiger partial charge is 0.269 e. The highest BCUT2D eigenvalue weighted by Gasteiger charge is 2.41. The van der Waals surface area contributed by atoms with Crippen LogP contribution in [-0.2, 0) is 0 Å². The fourth-order valence-corrected chi connectivity index (χ4v) is 3.30. The summed E-state index contributed by atoms with van der Waals surface area (Å²) in [5, 5.41) is 0. The number of hydrogen-bond donors (Lipinski definition) is 0. The van der Waals surface area contributed by atoms with Crippen LogP contribution in [0.3, 0.4) is 0 Å². The normalized spacial score (nSPS) is 23.0. The Hall–Kier alpha value is -1.17. The lowest BCUT2D eigenvalue weighted by Gasteiger charge is -2.22. The molecule has 17 heavy (non-hydrogen) atoms. The molecule has 0 spiro atoms. The standard InChI is InChI=1S/C13H10INO2/c14-10-6-3-7-11(10)15-12(16)8-4-1-2-5-9(8)13(15)17/h1-2,4-6,11H,3,7H2. The molecule has 1 unspecified atom stereocenters. The van der Waals surface area contributed by atoms with Gasteiger partial charge < -0.3 is 0 Å². The van der Waals surface area contributed by atoms with Crippen LogP contribution in [0.4, 0.5) is 0 Å². The Balaban J connectivity index is 2.04. The number of benzene rings is 1. The van der Waals surface area contributed by atoms with Crippen molar-refractivity contribution >= 4 is 34.4 Å². The number of imide groups is 1. The fourth-order valence-electron chi connectivity index (χ4n) is 2.40. The van der Waals surface area contributed by atoms with Gasteiger partial charge in [-0.1, -0.05) is 18.2 Å². The molecule has 0 aromatic heterocycles. The molecule has 0 N–H and O–H groups in total. The van der Waals surface area contributed by atoms with Gasteiger partial charge in [-0.15, -0.1) is 0 Å². The van der Waals surface area contributed by atoms with Gasteiger partial charge in [0.05, 0.1) is 17.2 Å². The summed E-state index contributed by atoms with van der Waals surface area (Å²) in [6, 6.07) is 6.98. The van der Waals surface area contributed by atoms with Crippen molar-refractivity contribution in [2.45, 2.75) is 18.9 Å². The zero-order chi connectivity index (χ0) is 12.0. The summed E-state index contributed by atoms with van der Waals surface area (Å²) in [7, 11) is 0. The second kappa shape index (κ2) is 3.94. The quantitative estimate of drug-likeness (QED) is 0.583. The van der Waals surface area contributed by atoms with Crippen LogP contribution in [0.2, 0.25) is 0 Å². The number of fused-ring (bicyclic) bond motifs is 1. The molecule has 2 amide bonds. The predicted molar refractivity (Wildman–Crippen MR) is 72.1 cm³/mol. The van der Waals surface area contributed by atoms with Crippen LogP contribution in [0.25, 0.3) is 0 Å². The van der Waals surface area contributed by atoms with Gasteiger partial charge in [0.1, 0.15) is 0 Å². The Morgan fingerprint density at radius 2 is 1.71 bits per heavy atom. The van der Waals surface area contributed by atoms with Crippen LogP contribution in [0.5, 0.6) is 0 Å². The van der Waals surface area contributed by atoms with Crippen LogP contribution in [0.15, 0.2) is 33.9 Å². The molecule has 3 nitrogen and oxygen atoms in total. The SMILES string of the molecule is O=C1c2ccccc2C(=O)N1C1CCC=C1I. The number of carbonyl (C=O) groups excluding carboxylic acids is 2. The Labute approximate surface area is 113 Å². The van der Waals surface area contributed by atoms with Crippen molar-refractivity contribution in [1.82, 2.24) is 4.90 Å². The number of halogens is 1. The lowest BCUT2D eigenvalue weighted by molar-refractivity contribution is 0.0613. The van der Waals surface area contributed by atoms with Gasteiger partial charge in [-0.3, -0.25) is 14.5 Å². The minimum absolute atomic E-state index is 0.0528. The maximum atomic E-state index is 12.2. The van der Waals surface area contributed by atoms with E-state index in [-0.39, 0.29) is 17.9 Å². The molecule has 1 aliphatic heterocycles. The zero-order valence-electron chi connectivity index (χ0n) is 9.02. The fraction of sp³-hybridized carbons (Fsp3) is 0.231. The molecule has 86 valence electrons. The molecule has 1 aliphatic carbocycles. The van der Waals surface area contributed by atoms with Crippen LogP contribution in [0.1, 0.15) is 33.6 Å². The molecule has 0 saturated carbocycles. The van der Waals surface area contributed by atoms with E-state index < -0.39 is 0 Å². The second-order valence-electron chi connectivity index (χ2n) is 4.21. The minimum atomic E-state index is -0.153. The number of carbonyl (C=O) groups is 2. The summed E-state index contributed by atoms with van der Waals surface area (Å²) in [5.41, 5.74) is 1.07. The third kappa shape index (κ3) is 1.54. The van der Waals surface area contributed by atoms with Crippen molar-refractivity contribution in [3.8, 4) is 0 Å². The third-order valence-electron chi connectivity index (χ3n) is 3.23. The van der Waals surface area contributed by atoms with Gasteiger partial charge in [-0.05, 0) is 47.6 Å². The van der Waals surface area contributed by atoms with Crippen molar-refractivity contribution < 1.29 is 9.59 Å². The highest BCUT2D eigenvalue weighted by Crippen LogP contribution is 2.34. The van der Waals surface area contributed by atoms with Gasteiger partial charge in [0.2, 0.25) is 0 Å². The number of amides is 2. The Morgan fingerprint density at radius 1 is 1.12 bits per heavy atom. The summed E-state index contributed by atoms with van der Waals surface area (Å²) in [4.78, 5) is 25.8. The number of nitrogens with zero attached hydrogens (tertiary/aromatic N) is 1. The summed E-state index contributed by atoms with van der Waals surface area (Å²) < 4.78 is 1.09. The van der Waals surface area contributed by atoms with Crippen molar-refractivity contribution in [2.75, 3.05) is 0 Å². The molecule has 1 heterocycles. The Morgan fingerprint density at radius 3 is 2.18 bits per heavy atom. The number of rotatable bonds is 1. The molecule has 1 aromatic carbocycles. The average molecular weight is 339 g/mol. The molecule has 0 saturated heterocycles. The molecule has 2 aliphatic rings. The molecule has 4 heteroatoms. The van der Waals surface area contributed by atoms with Gasteiger partial charge in [-0.2, -0.15) is 0 Å². The summed E-state index contributed by atoms with van der Waals surface area (Å²) in [5.74, 6) is -0.305. The van der Waals surface area contributed by atoms with E-state index in [0.717, 1.165) is 16.4 Å². The Kier molecular flexibility index (Phi) is 2.54. The van der Waals surface area contributed by atoms with Crippen molar-refractivity contribution in [1.29, 1.82) is 0 Å². The Bertz CT molecular complexity index is 515. The molecule has 1 aromatic rings. The first-order valence-corrected chi connectivity index (χ1v) is 6.60. The zero-order valence-corrected chi connectivity index (χ0v) is 11.2. The number of hydrogen-bond acceptors (Lipinski definition) is 2. The summed E-state index contributed by atoms with van der Waals surface area (Å²) >= 11 is 2.22. The van der Waals surface area contributed by atoms with E-state index in [1.807, 2.05) is 0 Å². The van der Waals surface area contributed by atoms with Crippen LogP contribution >= 0.6 is 22.6 Å². The van der Waals surface area contributed by atoms with E-state index in [0.29, 0.717) is 11.1 Å².